The van der Waals surface area contributed by atoms with E-state index < -0.39 is 17.4 Å². The van der Waals surface area contributed by atoms with Crippen LogP contribution in [0.15, 0.2) is 25.7 Å². The summed E-state index contributed by atoms with van der Waals surface area (Å²) < 4.78 is 10.2. The molecule has 0 aliphatic carbocycles. The smallest absolute Gasteiger partial charge is 0.309 e. The number of hydrogen-bond acceptors (Lipinski definition) is 4. The summed E-state index contributed by atoms with van der Waals surface area (Å²) in [5.41, 5.74) is -0.839. The van der Waals surface area contributed by atoms with Crippen molar-refractivity contribution in [2.24, 2.45) is 5.41 Å². The van der Waals surface area contributed by atoms with Crippen molar-refractivity contribution in [3.63, 3.8) is 0 Å². The lowest BCUT2D eigenvalue weighted by Crippen LogP contribution is -2.31. The topological polar surface area (TPSA) is 93.1 Å². The van der Waals surface area contributed by atoms with E-state index in [1.807, 2.05) is 0 Å². The zero-order valence-corrected chi connectivity index (χ0v) is 15.8. The van der Waals surface area contributed by atoms with Gasteiger partial charge >= 0.3 is 11.9 Å². The minimum Gasteiger partial charge on any atom is -0.502 e. The average Bonchev–Trinajstić information content (AvgIpc) is 2.59. The van der Waals surface area contributed by atoms with E-state index in [1.54, 1.807) is 0 Å². The molecule has 0 fully saturated rings. The van der Waals surface area contributed by atoms with Gasteiger partial charge in [0.2, 0.25) is 0 Å². The molecule has 0 aliphatic heterocycles. The molecule has 0 aromatic rings. The Morgan fingerprint density at radius 2 is 1.23 bits per heavy atom. The molecule has 26 heavy (non-hydrogen) atoms. The van der Waals surface area contributed by atoms with E-state index >= 15 is 0 Å². The molecule has 0 aliphatic rings. The number of hydrogen-bond donors (Lipinski definition) is 2. The van der Waals surface area contributed by atoms with Crippen LogP contribution in [0.3, 0.4) is 0 Å². The first-order valence-corrected chi connectivity index (χ1v) is 9.38. The molecule has 150 valence electrons. The summed E-state index contributed by atoms with van der Waals surface area (Å²) in [5, 5.41) is 18.7. The summed E-state index contributed by atoms with van der Waals surface area (Å²) in [4.78, 5) is 22.8. The molecule has 0 saturated heterocycles. The Morgan fingerprint density at radius 3 is 1.62 bits per heavy atom. The summed E-state index contributed by atoms with van der Waals surface area (Å²) >= 11 is 0. The first kappa shape index (κ1) is 24.0. The highest BCUT2D eigenvalue weighted by Gasteiger charge is 2.36. The Morgan fingerprint density at radius 1 is 0.769 bits per heavy atom. The Bertz CT molecular complexity index is 399. The molecule has 0 atom stereocenters. The summed E-state index contributed by atoms with van der Waals surface area (Å²) in [6.45, 7) is 8.15. The van der Waals surface area contributed by atoms with Gasteiger partial charge in [0, 0.05) is 6.42 Å². The average molecular weight is 370 g/mol. The summed E-state index contributed by atoms with van der Waals surface area (Å²) in [5.74, 6) is -1.69. The minimum atomic E-state index is -0.882. The van der Waals surface area contributed by atoms with Crippen molar-refractivity contribution >= 4 is 11.9 Å². The molecule has 6 nitrogen and oxygen atoms in total. The van der Waals surface area contributed by atoms with E-state index in [0.717, 1.165) is 38.5 Å². The van der Waals surface area contributed by atoms with Crippen LogP contribution in [0.2, 0.25) is 0 Å². The second kappa shape index (κ2) is 15.3. The maximum absolute atomic E-state index is 12.0. The number of aliphatic carboxylic acids is 2. The summed E-state index contributed by atoms with van der Waals surface area (Å²) in [6, 6.07) is 0. The molecule has 0 heterocycles. The predicted octanol–water partition coefficient (Wildman–Crippen LogP) is 4.75. The molecule has 2 N–H and O–H groups in total. The second-order valence-electron chi connectivity index (χ2n) is 6.53. The van der Waals surface area contributed by atoms with Gasteiger partial charge in [-0.05, 0) is 38.5 Å². The Labute approximate surface area is 156 Å². The van der Waals surface area contributed by atoms with Crippen molar-refractivity contribution in [3.8, 4) is 0 Å². The number of carboxylic acids is 2. The Balaban J connectivity index is 4.56. The summed E-state index contributed by atoms with van der Waals surface area (Å²) in [7, 11) is 0. The van der Waals surface area contributed by atoms with E-state index in [1.165, 1.54) is 12.5 Å². The standard InChI is InChI=1S/C20H34O6/c1-3-25-16-9-5-7-13-20(19(23)24,15-11-12-18(21)22)14-8-6-10-17-26-4-2/h3-4H,1-2,5-17H2,(H,21,22)(H,23,24). The SMILES string of the molecule is C=COCCCCCC(CCCCCOC=C)(CCCC(=O)O)C(=O)O. The number of rotatable bonds is 19. The number of unbranched alkanes of at least 4 members (excludes halogenated alkanes) is 4. The number of carbonyl (C=O) groups is 2. The van der Waals surface area contributed by atoms with Crippen LogP contribution in [0.25, 0.3) is 0 Å². The first-order valence-electron chi connectivity index (χ1n) is 9.38. The van der Waals surface area contributed by atoms with Crippen LogP contribution in [0.4, 0.5) is 0 Å². The van der Waals surface area contributed by atoms with E-state index in [9.17, 15) is 14.7 Å². The van der Waals surface area contributed by atoms with Gasteiger partial charge in [-0.15, -0.1) is 0 Å². The molecule has 0 unspecified atom stereocenters. The molecule has 0 radical (unpaired) electrons. The van der Waals surface area contributed by atoms with E-state index in [2.05, 4.69) is 13.2 Å². The maximum Gasteiger partial charge on any atom is 0.309 e. The number of carboxylic acid groups (broad SMARTS) is 2. The lowest BCUT2D eigenvalue weighted by Gasteiger charge is -2.30. The van der Waals surface area contributed by atoms with Crippen molar-refractivity contribution in [1.29, 1.82) is 0 Å². The third-order valence-corrected chi connectivity index (χ3v) is 4.57. The van der Waals surface area contributed by atoms with Gasteiger partial charge in [-0.25, -0.2) is 0 Å². The van der Waals surface area contributed by atoms with Crippen LogP contribution in [0.5, 0.6) is 0 Å². The fourth-order valence-electron chi connectivity index (χ4n) is 3.09. The normalized spacial score (nSPS) is 10.9. The fourth-order valence-corrected chi connectivity index (χ4v) is 3.09. The highest BCUT2D eigenvalue weighted by Crippen LogP contribution is 2.37. The molecule has 0 spiro atoms. The van der Waals surface area contributed by atoms with Gasteiger partial charge in [-0.1, -0.05) is 38.8 Å². The monoisotopic (exact) mass is 370 g/mol. The van der Waals surface area contributed by atoms with Gasteiger partial charge in [0.05, 0.1) is 31.2 Å². The lowest BCUT2D eigenvalue weighted by atomic mass is 9.74. The van der Waals surface area contributed by atoms with E-state index in [4.69, 9.17) is 14.6 Å². The van der Waals surface area contributed by atoms with Gasteiger partial charge < -0.3 is 19.7 Å². The number of ether oxygens (including phenoxy) is 2. The van der Waals surface area contributed by atoms with Crippen molar-refractivity contribution in [3.05, 3.63) is 25.7 Å². The quantitative estimate of drug-likeness (QED) is 0.252. The van der Waals surface area contributed by atoms with Crippen LogP contribution >= 0.6 is 0 Å². The minimum absolute atomic E-state index is 0.00930. The van der Waals surface area contributed by atoms with Crippen LogP contribution in [0, 0.1) is 5.41 Å². The largest absolute Gasteiger partial charge is 0.502 e. The maximum atomic E-state index is 12.0. The highest BCUT2D eigenvalue weighted by atomic mass is 16.5. The van der Waals surface area contributed by atoms with E-state index in [0.29, 0.717) is 38.9 Å². The molecular formula is C20H34O6. The van der Waals surface area contributed by atoms with Gasteiger partial charge in [0.15, 0.2) is 0 Å². The zero-order valence-electron chi connectivity index (χ0n) is 15.8. The fraction of sp³-hybridized carbons (Fsp3) is 0.700. The molecule has 0 aromatic carbocycles. The van der Waals surface area contributed by atoms with Gasteiger partial charge in [0.1, 0.15) is 0 Å². The molecule has 6 heteroatoms. The lowest BCUT2D eigenvalue weighted by molar-refractivity contribution is -0.151. The second-order valence-corrected chi connectivity index (χ2v) is 6.53. The zero-order chi connectivity index (χ0) is 19.7. The van der Waals surface area contributed by atoms with Crippen LogP contribution < -0.4 is 0 Å². The van der Waals surface area contributed by atoms with Gasteiger partial charge in [-0.2, -0.15) is 0 Å². The van der Waals surface area contributed by atoms with Gasteiger partial charge in [-0.3, -0.25) is 9.59 Å². The highest BCUT2D eigenvalue weighted by molar-refractivity contribution is 5.74. The Kier molecular flexibility index (Phi) is 14.1. The third-order valence-electron chi connectivity index (χ3n) is 4.57. The van der Waals surface area contributed by atoms with Crippen molar-refractivity contribution in [1.82, 2.24) is 0 Å². The van der Waals surface area contributed by atoms with Crippen LogP contribution in [0.1, 0.15) is 70.6 Å². The molecular weight excluding hydrogens is 336 g/mol. The van der Waals surface area contributed by atoms with Crippen LogP contribution in [-0.2, 0) is 19.1 Å². The first-order chi connectivity index (χ1) is 12.5. The van der Waals surface area contributed by atoms with E-state index in [-0.39, 0.29) is 6.42 Å². The van der Waals surface area contributed by atoms with Gasteiger partial charge in [0.25, 0.3) is 0 Å². The van der Waals surface area contributed by atoms with Crippen molar-refractivity contribution in [2.45, 2.75) is 70.6 Å². The molecule has 0 amide bonds. The Hall–Kier alpha value is -1.98. The molecule has 0 bridgehead atoms. The molecule has 0 rings (SSSR count). The molecule has 0 saturated carbocycles. The predicted molar refractivity (Wildman–Crippen MR) is 101 cm³/mol. The van der Waals surface area contributed by atoms with Crippen molar-refractivity contribution < 1.29 is 29.3 Å². The van der Waals surface area contributed by atoms with Crippen LogP contribution in [-0.4, -0.2) is 35.4 Å². The third kappa shape index (κ3) is 11.6. The molecule has 0 aromatic heterocycles. The summed E-state index contributed by atoms with van der Waals surface area (Å²) in [6.07, 6.45) is 9.82. The van der Waals surface area contributed by atoms with Crippen molar-refractivity contribution in [2.75, 3.05) is 13.2 Å².